The Hall–Kier alpha value is -2.79. The van der Waals surface area contributed by atoms with E-state index in [1.54, 1.807) is 23.2 Å². The number of likely N-dealkylation sites (N-methyl/N-ethyl adjacent to an activating group) is 1. The fourth-order valence-electron chi connectivity index (χ4n) is 8.26. The normalized spacial score (nSPS) is 29.8. The van der Waals surface area contributed by atoms with Crippen molar-refractivity contribution in [2.75, 3.05) is 25.0 Å². The summed E-state index contributed by atoms with van der Waals surface area (Å²) in [6, 6.07) is 6.14. The van der Waals surface area contributed by atoms with Crippen LogP contribution in [0.1, 0.15) is 83.3 Å². The van der Waals surface area contributed by atoms with Crippen LogP contribution in [0.15, 0.2) is 30.5 Å². The monoisotopic (exact) mass is 656 g/mol. The summed E-state index contributed by atoms with van der Waals surface area (Å²) in [6.45, 7) is 9.89. The number of aromatic nitrogens is 2. The minimum absolute atomic E-state index is 0.0133. The number of ether oxygens (including phenoxy) is 1. The van der Waals surface area contributed by atoms with E-state index in [1.165, 1.54) is 0 Å². The average Bonchev–Trinajstić information content (AvgIpc) is 3.47. The van der Waals surface area contributed by atoms with Gasteiger partial charge in [-0.3, -0.25) is 19.7 Å². The molecule has 0 aromatic carbocycles. The number of anilines is 1. The Kier molecular flexibility index (Phi) is 8.65. The second-order valence-electron chi connectivity index (χ2n) is 13.7. The van der Waals surface area contributed by atoms with Crippen molar-refractivity contribution < 1.29 is 19.1 Å². The standard InChI is InChI=1S/C33H42Cl2N6O4/c1-5-41(6-2)29(43)22-9-7-20(18-45-22)37-28(42)26-25(19-11-16-36-24(35)17-19)33(32(40-26)14-12-31(3,4)13-15-32)21-8-10-23(34)38-27(21)39-30(33)44/h8,10-11,16-17,20,22,25-26,40H,5-7,9,12-15,18H2,1-4H3,(H,37,42)(H,38,39,44)/t20-,22+,25+,26-,33-/m1/s1. The Bertz CT molecular complexity index is 1480. The molecule has 2 saturated heterocycles. The highest BCUT2D eigenvalue weighted by Crippen LogP contribution is 2.63. The molecule has 2 aromatic heterocycles. The molecule has 3 N–H and O–H groups in total. The van der Waals surface area contributed by atoms with Crippen LogP contribution in [0.2, 0.25) is 10.3 Å². The van der Waals surface area contributed by atoms with E-state index in [-0.39, 0.29) is 46.1 Å². The second kappa shape index (κ2) is 12.1. The summed E-state index contributed by atoms with van der Waals surface area (Å²) in [4.78, 5) is 52.4. The van der Waals surface area contributed by atoms with Crippen molar-refractivity contribution >= 4 is 46.7 Å². The molecule has 3 fully saturated rings. The Morgan fingerprint density at radius 2 is 1.80 bits per heavy atom. The Morgan fingerprint density at radius 3 is 2.44 bits per heavy atom. The molecular weight excluding hydrogens is 615 g/mol. The quantitative estimate of drug-likeness (QED) is 0.388. The fraction of sp³-hybridized carbons (Fsp3) is 0.606. The van der Waals surface area contributed by atoms with Gasteiger partial charge in [0.05, 0.1) is 18.7 Å². The molecule has 6 rings (SSSR count). The van der Waals surface area contributed by atoms with Crippen molar-refractivity contribution in [3.05, 3.63) is 51.9 Å². The van der Waals surface area contributed by atoms with Crippen molar-refractivity contribution in [2.45, 2.75) is 101 Å². The van der Waals surface area contributed by atoms with E-state index in [1.807, 2.05) is 26.0 Å². The first-order valence-electron chi connectivity index (χ1n) is 16.0. The Labute approximate surface area is 274 Å². The smallest absolute Gasteiger partial charge is 0.251 e. The molecule has 0 radical (unpaired) electrons. The largest absolute Gasteiger partial charge is 0.366 e. The van der Waals surface area contributed by atoms with Crippen molar-refractivity contribution in [3.63, 3.8) is 0 Å². The lowest BCUT2D eigenvalue weighted by atomic mass is 9.53. The SMILES string of the molecule is CCN(CC)C(=O)[C@@H]1CC[C@@H](NC(=O)[C@@H]2NC3(CCC(C)(C)CC3)[C@@]3(C(=O)Nc4nc(Cl)ccc43)[C@H]2c2ccnc(Cl)c2)CO1. The number of nitrogens with zero attached hydrogens (tertiary/aromatic N) is 3. The van der Waals surface area contributed by atoms with Gasteiger partial charge in [0.15, 0.2) is 0 Å². The van der Waals surface area contributed by atoms with Gasteiger partial charge in [-0.2, -0.15) is 0 Å². The number of amides is 3. The molecule has 2 aromatic rings. The predicted octanol–water partition coefficient (Wildman–Crippen LogP) is 4.60. The van der Waals surface area contributed by atoms with Crippen molar-refractivity contribution in [3.8, 4) is 0 Å². The number of carbonyl (C=O) groups excluding carboxylic acids is 3. The molecule has 10 nitrogen and oxygen atoms in total. The molecule has 45 heavy (non-hydrogen) atoms. The molecule has 3 aliphatic heterocycles. The average molecular weight is 658 g/mol. The number of carbonyl (C=O) groups is 3. The molecule has 242 valence electrons. The third-order valence-corrected chi connectivity index (χ3v) is 11.1. The van der Waals surface area contributed by atoms with Crippen molar-refractivity contribution in [1.29, 1.82) is 0 Å². The third-order valence-electron chi connectivity index (χ3n) is 10.7. The van der Waals surface area contributed by atoms with Crippen LogP contribution in [-0.2, 0) is 24.5 Å². The fourth-order valence-corrected chi connectivity index (χ4v) is 8.59. The van der Waals surface area contributed by atoms with Crippen LogP contribution in [0.3, 0.4) is 0 Å². The number of fused-ring (bicyclic) bond motifs is 3. The molecule has 3 amide bonds. The van der Waals surface area contributed by atoms with Gasteiger partial charge in [0.25, 0.3) is 5.91 Å². The van der Waals surface area contributed by atoms with Gasteiger partial charge in [0.1, 0.15) is 27.6 Å². The summed E-state index contributed by atoms with van der Waals surface area (Å²) >= 11 is 12.7. The molecule has 0 unspecified atom stereocenters. The molecule has 5 atom stereocenters. The van der Waals surface area contributed by atoms with Crippen LogP contribution in [0.25, 0.3) is 0 Å². The highest BCUT2D eigenvalue weighted by Gasteiger charge is 2.73. The summed E-state index contributed by atoms with van der Waals surface area (Å²) in [6.07, 6.45) is 5.37. The number of hydrogen-bond donors (Lipinski definition) is 3. The summed E-state index contributed by atoms with van der Waals surface area (Å²) < 4.78 is 5.99. The van der Waals surface area contributed by atoms with Crippen LogP contribution in [0.4, 0.5) is 5.82 Å². The first-order valence-corrected chi connectivity index (χ1v) is 16.8. The van der Waals surface area contributed by atoms with E-state index in [0.717, 1.165) is 24.0 Å². The zero-order valence-corrected chi connectivity index (χ0v) is 27.8. The molecule has 0 bridgehead atoms. The Morgan fingerprint density at radius 1 is 1.07 bits per heavy atom. The van der Waals surface area contributed by atoms with Gasteiger partial charge < -0.3 is 20.3 Å². The first-order chi connectivity index (χ1) is 21.4. The zero-order chi connectivity index (χ0) is 32.1. The van der Waals surface area contributed by atoms with E-state index in [2.05, 4.69) is 39.8 Å². The van der Waals surface area contributed by atoms with Gasteiger partial charge in [-0.15, -0.1) is 0 Å². The molecule has 5 heterocycles. The van der Waals surface area contributed by atoms with Crippen LogP contribution >= 0.6 is 23.2 Å². The Balaban J connectivity index is 1.37. The van der Waals surface area contributed by atoms with E-state index < -0.39 is 29.0 Å². The van der Waals surface area contributed by atoms with Crippen molar-refractivity contribution in [1.82, 2.24) is 25.5 Å². The first kappa shape index (κ1) is 32.2. The number of rotatable bonds is 6. The second-order valence-corrected chi connectivity index (χ2v) is 14.4. The van der Waals surface area contributed by atoms with Gasteiger partial charge in [0, 0.05) is 36.3 Å². The lowest BCUT2D eigenvalue weighted by Crippen LogP contribution is -2.61. The predicted molar refractivity (Wildman–Crippen MR) is 172 cm³/mol. The maximum Gasteiger partial charge on any atom is 0.251 e. The van der Waals surface area contributed by atoms with E-state index in [4.69, 9.17) is 27.9 Å². The molecule has 1 aliphatic carbocycles. The minimum Gasteiger partial charge on any atom is -0.366 e. The van der Waals surface area contributed by atoms with Gasteiger partial charge in [-0.25, -0.2) is 9.97 Å². The van der Waals surface area contributed by atoms with E-state index >= 15 is 0 Å². The summed E-state index contributed by atoms with van der Waals surface area (Å²) in [5.41, 5.74) is -0.324. The molecular formula is C33H42Cl2N6O4. The maximum atomic E-state index is 14.6. The third kappa shape index (κ3) is 5.41. The van der Waals surface area contributed by atoms with Crippen molar-refractivity contribution in [2.24, 2.45) is 5.41 Å². The van der Waals surface area contributed by atoms with Crippen LogP contribution in [-0.4, -0.2) is 76.0 Å². The van der Waals surface area contributed by atoms with Gasteiger partial charge >= 0.3 is 0 Å². The molecule has 1 saturated carbocycles. The maximum absolute atomic E-state index is 14.6. The van der Waals surface area contributed by atoms with Crippen LogP contribution in [0, 0.1) is 5.41 Å². The number of hydrogen-bond acceptors (Lipinski definition) is 7. The summed E-state index contributed by atoms with van der Waals surface area (Å²) in [7, 11) is 0. The molecule has 12 heteroatoms. The summed E-state index contributed by atoms with van der Waals surface area (Å²) in [5, 5.41) is 10.6. The number of pyridine rings is 2. The lowest BCUT2D eigenvalue weighted by molar-refractivity contribution is -0.147. The highest BCUT2D eigenvalue weighted by atomic mass is 35.5. The van der Waals surface area contributed by atoms with E-state index in [9.17, 15) is 14.4 Å². The van der Waals surface area contributed by atoms with E-state index in [0.29, 0.717) is 44.6 Å². The minimum atomic E-state index is -1.16. The van der Waals surface area contributed by atoms with Crippen LogP contribution < -0.4 is 16.0 Å². The lowest BCUT2D eigenvalue weighted by Gasteiger charge is -2.50. The highest BCUT2D eigenvalue weighted by molar-refractivity contribution is 6.30. The number of nitrogens with one attached hydrogen (secondary N) is 3. The van der Waals surface area contributed by atoms with Gasteiger partial charge in [0.2, 0.25) is 11.8 Å². The molecule has 2 spiro atoms. The van der Waals surface area contributed by atoms with Gasteiger partial charge in [-0.05, 0) is 81.5 Å². The van der Waals surface area contributed by atoms with Crippen LogP contribution in [0.5, 0.6) is 0 Å². The zero-order valence-electron chi connectivity index (χ0n) is 26.3. The molecule has 4 aliphatic rings. The number of halogens is 2. The van der Waals surface area contributed by atoms with Gasteiger partial charge in [-0.1, -0.05) is 43.1 Å². The summed E-state index contributed by atoms with van der Waals surface area (Å²) in [5.74, 6) is -0.634. The topological polar surface area (TPSA) is 126 Å².